The Balaban J connectivity index is 1.83. The highest BCUT2D eigenvalue weighted by Crippen LogP contribution is 2.38. The molecule has 0 radical (unpaired) electrons. The Hall–Kier alpha value is -1.61. The minimum absolute atomic E-state index is 0.461. The lowest BCUT2D eigenvalue weighted by Gasteiger charge is -2.20. The molecular formula is C16H16N2S. The fraction of sp³-hybridized carbons (Fsp3) is 0.312. The van der Waals surface area contributed by atoms with Crippen LogP contribution >= 0.6 is 11.3 Å². The Morgan fingerprint density at radius 1 is 1.32 bits per heavy atom. The normalized spacial score (nSPS) is 18.7. The monoisotopic (exact) mass is 268 g/mol. The van der Waals surface area contributed by atoms with Gasteiger partial charge in [0.15, 0.2) is 0 Å². The van der Waals surface area contributed by atoms with Gasteiger partial charge in [0.1, 0.15) is 5.82 Å². The standard InChI is InChI=1S/C16H16N2S/c1-10-5-6-13-14(9-10)18-16(17-13)12-3-2-4-15-11(12)7-8-19-15/h5-9,12H,2-4H2,1H3,(H,17,18). The number of aryl methyl sites for hydroxylation is 2. The van der Waals surface area contributed by atoms with Crippen LogP contribution in [0.15, 0.2) is 29.6 Å². The van der Waals surface area contributed by atoms with Crippen LogP contribution < -0.4 is 0 Å². The highest BCUT2D eigenvalue weighted by atomic mass is 32.1. The van der Waals surface area contributed by atoms with E-state index in [0.717, 1.165) is 16.9 Å². The van der Waals surface area contributed by atoms with E-state index in [4.69, 9.17) is 4.98 Å². The van der Waals surface area contributed by atoms with Crippen LogP contribution in [0.5, 0.6) is 0 Å². The number of aromatic nitrogens is 2. The van der Waals surface area contributed by atoms with E-state index in [1.165, 1.54) is 30.4 Å². The van der Waals surface area contributed by atoms with Crippen LogP contribution in [-0.2, 0) is 6.42 Å². The van der Waals surface area contributed by atoms with Crippen LogP contribution in [-0.4, -0.2) is 9.97 Å². The molecule has 96 valence electrons. The summed E-state index contributed by atoms with van der Waals surface area (Å²) < 4.78 is 0. The molecule has 2 nitrogen and oxygen atoms in total. The second kappa shape index (κ2) is 4.20. The number of benzene rings is 1. The van der Waals surface area contributed by atoms with Gasteiger partial charge in [0.2, 0.25) is 0 Å². The Bertz CT molecular complexity index is 738. The maximum atomic E-state index is 4.81. The van der Waals surface area contributed by atoms with Crippen molar-refractivity contribution < 1.29 is 0 Å². The van der Waals surface area contributed by atoms with E-state index >= 15 is 0 Å². The second-order valence-corrected chi connectivity index (χ2v) is 6.39. The summed E-state index contributed by atoms with van der Waals surface area (Å²) in [7, 11) is 0. The first-order chi connectivity index (χ1) is 9.31. The first-order valence-corrected chi connectivity index (χ1v) is 7.72. The van der Waals surface area contributed by atoms with E-state index in [1.54, 1.807) is 4.88 Å². The summed E-state index contributed by atoms with van der Waals surface area (Å²) in [6, 6.07) is 8.71. The maximum Gasteiger partial charge on any atom is 0.114 e. The number of nitrogens with zero attached hydrogens (tertiary/aromatic N) is 1. The van der Waals surface area contributed by atoms with Crippen molar-refractivity contribution in [3.63, 3.8) is 0 Å². The molecule has 3 heteroatoms. The van der Waals surface area contributed by atoms with Gasteiger partial charge >= 0.3 is 0 Å². The SMILES string of the molecule is Cc1ccc2nc(C3CCCc4sccc43)[nH]c2c1. The quantitative estimate of drug-likeness (QED) is 0.696. The number of imidazole rings is 1. The van der Waals surface area contributed by atoms with Gasteiger partial charge in [-0.05, 0) is 60.9 Å². The van der Waals surface area contributed by atoms with Crippen molar-refractivity contribution in [2.24, 2.45) is 0 Å². The minimum Gasteiger partial charge on any atom is -0.341 e. The third-order valence-corrected chi connectivity index (χ3v) is 5.03. The Labute approximate surface area is 116 Å². The summed E-state index contributed by atoms with van der Waals surface area (Å²) in [6.45, 7) is 2.12. The summed E-state index contributed by atoms with van der Waals surface area (Å²) in [5.41, 5.74) is 5.02. The summed E-state index contributed by atoms with van der Waals surface area (Å²) in [5.74, 6) is 1.60. The van der Waals surface area contributed by atoms with Crippen LogP contribution in [0.25, 0.3) is 11.0 Å². The molecular weight excluding hydrogens is 252 g/mol. The van der Waals surface area contributed by atoms with Crippen molar-refractivity contribution in [3.05, 3.63) is 51.5 Å². The number of rotatable bonds is 1. The van der Waals surface area contributed by atoms with E-state index in [-0.39, 0.29) is 0 Å². The topological polar surface area (TPSA) is 28.7 Å². The van der Waals surface area contributed by atoms with Crippen molar-refractivity contribution in [1.29, 1.82) is 0 Å². The molecule has 0 fully saturated rings. The van der Waals surface area contributed by atoms with Crippen molar-refractivity contribution >= 4 is 22.4 Å². The van der Waals surface area contributed by atoms with Gasteiger partial charge in [0.05, 0.1) is 11.0 Å². The van der Waals surface area contributed by atoms with Gasteiger partial charge in [0, 0.05) is 10.8 Å². The van der Waals surface area contributed by atoms with E-state index in [1.807, 2.05) is 11.3 Å². The summed E-state index contributed by atoms with van der Waals surface area (Å²) in [5, 5.41) is 2.22. The van der Waals surface area contributed by atoms with Crippen molar-refractivity contribution in [1.82, 2.24) is 9.97 Å². The molecule has 0 amide bonds. The number of fused-ring (bicyclic) bond motifs is 2. The maximum absolute atomic E-state index is 4.81. The fourth-order valence-electron chi connectivity index (χ4n) is 3.08. The van der Waals surface area contributed by atoms with Crippen LogP contribution in [0, 0.1) is 6.92 Å². The van der Waals surface area contributed by atoms with Gasteiger partial charge in [-0.25, -0.2) is 4.98 Å². The van der Waals surface area contributed by atoms with E-state index in [0.29, 0.717) is 5.92 Å². The molecule has 3 aromatic rings. The van der Waals surface area contributed by atoms with Gasteiger partial charge in [-0.2, -0.15) is 0 Å². The number of hydrogen-bond acceptors (Lipinski definition) is 2. The lowest BCUT2D eigenvalue weighted by atomic mass is 9.87. The Kier molecular flexibility index (Phi) is 2.49. The molecule has 1 aliphatic carbocycles. The van der Waals surface area contributed by atoms with E-state index < -0.39 is 0 Å². The first kappa shape index (κ1) is 11.2. The number of thiophene rings is 1. The number of nitrogens with one attached hydrogen (secondary N) is 1. The molecule has 1 aliphatic rings. The zero-order valence-corrected chi connectivity index (χ0v) is 11.8. The average molecular weight is 268 g/mol. The molecule has 1 N–H and O–H groups in total. The first-order valence-electron chi connectivity index (χ1n) is 6.84. The summed E-state index contributed by atoms with van der Waals surface area (Å²) in [6.07, 6.45) is 3.72. The minimum atomic E-state index is 0.461. The third kappa shape index (κ3) is 1.80. The summed E-state index contributed by atoms with van der Waals surface area (Å²) >= 11 is 1.89. The molecule has 0 saturated carbocycles. The van der Waals surface area contributed by atoms with Crippen LogP contribution in [0.2, 0.25) is 0 Å². The Morgan fingerprint density at radius 3 is 3.21 bits per heavy atom. The lowest BCUT2D eigenvalue weighted by Crippen LogP contribution is -2.09. The van der Waals surface area contributed by atoms with Gasteiger partial charge in [-0.1, -0.05) is 6.07 Å². The van der Waals surface area contributed by atoms with Crippen LogP contribution in [0.3, 0.4) is 0 Å². The molecule has 0 bridgehead atoms. The molecule has 0 saturated heterocycles. The predicted octanol–water partition coefficient (Wildman–Crippen LogP) is 4.40. The number of H-pyrrole nitrogens is 1. The number of aromatic amines is 1. The van der Waals surface area contributed by atoms with Crippen molar-refractivity contribution in [3.8, 4) is 0 Å². The van der Waals surface area contributed by atoms with Gasteiger partial charge in [-0.3, -0.25) is 0 Å². The fourth-order valence-corrected chi connectivity index (χ4v) is 4.07. The lowest BCUT2D eigenvalue weighted by molar-refractivity contribution is 0.604. The molecule has 2 heterocycles. The van der Waals surface area contributed by atoms with Crippen LogP contribution in [0.4, 0.5) is 0 Å². The van der Waals surface area contributed by atoms with Gasteiger partial charge in [-0.15, -0.1) is 11.3 Å². The van der Waals surface area contributed by atoms with Crippen LogP contribution in [0.1, 0.15) is 40.6 Å². The molecule has 1 atom stereocenters. The summed E-state index contributed by atoms with van der Waals surface area (Å²) in [4.78, 5) is 9.88. The molecule has 1 aromatic carbocycles. The van der Waals surface area contributed by atoms with Crippen molar-refractivity contribution in [2.75, 3.05) is 0 Å². The zero-order valence-electron chi connectivity index (χ0n) is 10.9. The highest BCUT2D eigenvalue weighted by molar-refractivity contribution is 7.10. The zero-order chi connectivity index (χ0) is 12.8. The highest BCUT2D eigenvalue weighted by Gasteiger charge is 2.25. The Morgan fingerprint density at radius 2 is 2.26 bits per heavy atom. The number of hydrogen-bond donors (Lipinski definition) is 1. The molecule has 4 rings (SSSR count). The van der Waals surface area contributed by atoms with Crippen molar-refractivity contribution in [2.45, 2.75) is 32.1 Å². The van der Waals surface area contributed by atoms with Gasteiger partial charge < -0.3 is 4.98 Å². The molecule has 0 aliphatic heterocycles. The second-order valence-electron chi connectivity index (χ2n) is 5.39. The molecule has 1 unspecified atom stereocenters. The third-order valence-electron chi connectivity index (χ3n) is 4.04. The predicted molar refractivity (Wildman–Crippen MR) is 79.9 cm³/mol. The smallest absolute Gasteiger partial charge is 0.114 e. The van der Waals surface area contributed by atoms with E-state index in [2.05, 4.69) is 41.6 Å². The van der Waals surface area contributed by atoms with E-state index in [9.17, 15) is 0 Å². The molecule has 0 spiro atoms. The molecule has 2 aromatic heterocycles. The largest absolute Gasteiger partial charge is 0.341 e. The molecule has 19 heavy (non-hydrogen) atoms. The average Bonchev–Trinajstić information content (AvgIpc) is 3.03. The van der Waals surface area contributed by atoms with Gasteiger partial charge in [0.25, 0.3) is 0 Å².